The normalized spacial score (nSPS) is 11.8. The lowest BCUT2D eigenvalue weighted by Gasteiger charge is -2.26. The minimum Gasteiger partial charge on any atom is -0.356 e. The van der Waals surface area contributed by atoms with E-state index in [1.807, 2.05) is 30.6 Å². The lowest BCUT2D eigenvalue weighted by atomic mass is 9.86. The third kappa shape index (κ3) is 7.50. The summed E-state index contributed by atoms with van der Waals surface area (Å²) in [5.41, 5.74) is 4.28. The average molecular weight is 493 g/mol. The second-order valence-corrected chi connectivity index (χ2v) is 7.99. The lowest BCUT2D eigenvalue weighted by molar-refractivity contribution is 0.359. The van der Waals surface area contributed by atoms with Crippen molar-refractivity contribution in [1.82, 2.24) is 15.6 Å². The van der Waals surface area contributed by atoms with Crippen LogP contribution in [0.15, 0.2) is 34.8 Å². The van der Waals surface area contributed by atoms with Crippen LogP contribution in [-0.2, 0) is 13.0 Å². The number of aromatic nitrogens is 1. The highest BCUT2D eigenvalue weighted by atomic mass is 127. The maximum atomic E-state index is 6.08. The summed E-state index contributed by atoms with van der Waals surface area (Å²) in [6.45, 7) is 8.06. The molecule has 25 heavy (non-hydrogen) atoms. The molecule has 0 aliphatic carbocycles. The largest absolute Gasteiger partial charge is 0.356 e. The molecule has 2 aromatic rings. The van der Waals surface area contributed by atoms with Crippen molar-refractivity contribution in [2.45, 2.75) is 33.7 Å². The Balaban J connectivity index is 0.00000312. The zero-order chi connectivity index (χ0) is 17.6. The highest BCUT2D eigenvalue weighted by Crippen LogP contribution is 2.22. The van der Waals surface area contributed by atoms with Gasteiger partial charge in [0.25, 0.3) is 0 Å². The second-order valence-electron chi connectivity index (χ2n) is 6.61. The summed E-state index contributed by atoms with van der Waals surface area (Å²) in [6, 6.07) is 8.05. The van der Waals surface area contributed by atoms with Gasteiger partial charge in [-0.05, 0) is 36.5 Å². The Bertz CT molecular complexity index is 700. The minimum absolute atomic E-state index is 0. The van der Waals surface area contributed by atoms with E-state index in [1.165, 1.54) is 10.4 Å². The number of halogens is 2. The molecule has 0 bridgehead atoms. The number of thiazole rings is 1. The van der Waals surface area contributed by atoms with Gasteiger partial charge in [0.15, 0.2) is 5.96 Å². The Labute approximate surface area is 176 Å². The first-order chi connectivity index (χ1) is 11.4. The molecule has 0 aliphatic heterocycles. The van der Waals surface area contributed by atoms with Gasteiger partial charge in [-0.2, -0.15) is 0 Å². The Morgan fingerprint density at radius 1 is 1.32 bits per heavy atom. The van der Waals surface area contributed by atoms with Gasteiger partial charge in [-0.25, -0.2) is 4.98 Å². The summed E-state index contributed by atoms with van der Waals surface area (Å²) in [4.78, 5) is 9.80. The predicted molar refractivity (Wildman–Crippen MR) is 119 cm³/mol. The van der Waals surface area contributed by atoms with Crippen LogP contribution in [0.1, 0.15) is 30.0 Å². The number of benzene rings is 1. The fourth-order valence-corrected chi connectivity index (χ4v) is 3.40. The van der Waals surface area contributed by atoms with Gasteiger partial charge in [-0.15, -0.1) is 35.3 Å². The van der Waals surface area contributed by atoms with Crippen LogP contribution in [0.5, 0.6) is 0 Å². The van der Waals surface area contributed by atoms with Crippen LogP contribution in [0, 0.1) is 12.3 Å². The fourth-order valence-electron chi connectivity index (χ4n) is 2.47. The van der Waals surface area contributed by atoms with Crippen LogP contribution in [-0.4, -0.2) is 24.5 Å². The number of aryl methyl sites for hydroxylation is 1. The molecule has 0 fully saturated rings. The maximum Gasteiger partial charge on any atom is 0.191 e. The molecule has 1 aromatic carbocycles. The van der Waals surface area contributed by atoms with Gasteiger partial charge in [0, 0.05) is 23.5 Å². The maximum absolute atomic E-state index is 6.08. The molecule has 4 nitrogen and oxygen atoms in total. The van der Waals surface area contributed by atoms with E-state index in [-0.39, 0.29) is 29.4 Å². The molecule has 0 unspecified atom stereocenters. The van der Waals surface area contributed by atoms with Crippen molar-refractivity contribution in [3.63, 3.8) is 0 Å². The van der Waals surface area contributed by atoms with Crippen LogP contribution in [0.4, 0.5) is 0 Å². The van der Waals surface area contributed by atoms with Gasteiger partial charge in [-0.1, -0.05) is 37.6 Å². The SMILES string of the molecule is CN=C(NCc1scnc1C)NCC(C)(C)Cc1cccc(Cl)c1.I. The summed E-state index contributed by atoms with van der Waals surface area (Å²) < 4.78 is 0. The standard InChI is InChI=1S/C18H25ClN4S.HI/c1-13-16(24-12-23-13)10-21-17(20-4)22-11-18(2,3)9-14-6-5-7-15(19)8-14;/h5-8,12H,9-11H2,1-4H3,(H2,20,21,22);1H. The molecule has 138 valence electrons. The molecule has 0 amide bonds. The van der Waals surface area contributed by atoms with E-state index in [2.05, 4.69) is 40.5 Å². The van der Waals surface area contributed by atoms with E-state index < -0.39 is 0 Å². The topological polar surface area (TPSA) is 49.3 Å². The first-order valence-corrected chi connectivity index (χ1v) is 9.23. The summed E-state index contributed by atoms with van der Waals surface area (Å²) in [5.74, 6) is 0.807. The zero-order valence-corrected chi connectivity index (χ0v) is 19.0. The Morgan fingerprint density at radius 3 is 2.68 bits per heavy atom. The van der Waals surface area contributed by atoms with E-state index in [1.54, 1.807) is 18.4 Å². The quantitative estimate of drug-likeness (QED) is 0.350. The highest BCUT2D eigenvalue weighted by molar-refractivity contribution is 14.0. The average Bonchev–Trinajstić information content (AvgIpc) is 2.92. The third-order valence-electron chi connectivity index (χ3n) is 3.79. The minimum atomic E-state index is 0. The molecule has 0 spiro atoms. The molecule has 2 N–H and O–H groups in total. The van der Waals surface area contributed by atoms with Crippen molar-refractivity contribution < 1.29 is 0 Å². The van der Waals surface area contributed by atoms with E-state index in [0.717, 1.165) is 36.2 Å². The molecule has 0 atom stereocenters. The summed E-state index contributed by atoms with van der Waals surface area (Å²) in [5, 5.41) is 7.55. The Morgan fingerprint density at radius 2 is 2.08 bits per heavy atom. The molecule has 0 radical (unpaired) electrons. The van der Waals surface area contributed by atoms with Crippen LogP contribution >= 0.6 is 46.9 Å². The number of rotatable bonds is 6. The Hall–Kier alpha value is -0.860. The number of aliphatic imine (C=N–C) groups is 1. The van der Waals surface area contributed by atoms with Gasteiger partial charge in [-0.3, -0.25) is 4.99 Å². The molecular weight excluding hydrogens is 467 g/mol. The summed E-state index contributed by atoms with van der Waals surface area (Å²) in [7, 11) is 1.79. The van der Waals surface area contributed by atoms with Crippen LogP contribution in [0.3, 0.4) is 0 Å². The zero-order valence-electron chi connectivity index (χ0n) is 15.1. The molecule has 0 saturated carbocycles. The lowest BCUT2D eigenvalue weighted by Crippen LogP contribution is -2.42. The number of nitrogens with zero attached hydrogens (tertiary/aromatic N) is 2. The van der Waals surface area contributed by atoms with E-state index in [9.17, 15) is 0 Å². The number of hydrogen-bond donors (Lipinski definition) is 2. The van der Waals surface area contributed by atoms with Crippen molar-refractivity contribution >= 4 is 52.9 Å². The molecule has 1 heterocycles. The molecule has 7 heteroatoms. The molecule has 1 aromatic heterocycles. The first-order valence-electron chi connectivity index (χ1n) is 7.97. The van der Waals surface area contributed by atoms with Gasteiger partial charge < -0.3 is 10.6 Å². The Kier molecular flexibility index (Phi) is 9.16. The van der Waals surface area contributed by atoms with Crippen LogP contribution in [0.25, 0.3) is 0 Å². The number of hydrogen-bond acceptors (Lipinski definition) is 3. The molecule has 2 rings (SSSR count). The van der Waals surface area contributed by atoms with E-state index in [0.29, 0.717) is 0 Å². The summed E-state index contributed by atoms with van der Waals surface area (Å²) in [6.07, 6.45) is 0.950. The molecular formula is C18H26ClIN4S. The first kappa shape index (κ1) is 22.2. The number of guanidine groups is 1. The van der Waals surface area contributed by atoms with Crippen molar-refractivity contribution in [3.05, 3.63) is 50.9 Å². The van der Waals surface area contributed by atoms with Crippen LogP contribution < -0.4 is 10.6 Å². The van der Waals surface area contributed by atoms with E-state index in [4.69, 9.17) is 11.6 Å². The van der Waals surface area contributed by atoms with Gasteiger partial charge in [0.1, 0.15) is 0 Å². The van der Waals surface area contributed by atoms with Gasteiger partial charge in [0.05, 0.1) is 17.7 Å². The van der Waals surface area contributed by atoms with Crippen LogP contribution in [0.2, 0.25) is 5.02 Å². The van der Waals surface area contributed by atoms with Crippen molar-refractivity contribution in [2.24, 2.45) is 10.4 Å². The monoisotopic (exact) mass is 492 g/mol. The molecule has 0 saturated heterocycles. The van der Waals surface area contributed by atoms with Crippen molar-refractivity contribution in [1.29, 1.82) is 0 Å². The molecule has 0 aliphatic rings. The third-order valence-corrected chi connectivity index (χ3v) is 4.96. The summed E-state index contributed by atoms with van der Waals surface area (Å²) >= 11 is 7.74. The smallest absolute Gasteiger partial charge is 0.191 e. The fraction of sp³-hybridized carbons (Fsp3) is 0.444. The highest BCUT2D eigenvalue weighted by Gasteiger charge is 2.19. The van der Waals surface area contributed by atoms with Crippen molar-refractivity contribution in [2.75, 3.05) is 13.6 Å². The van der Waals surface area contributed by atoms with E-state index >= 15 is 0 Å². The van der Waals surface area contributed by atoms with Gasteiger partial charge >= 0.3 is 0 Å². The second kappa shape index (κ2) is 10.3. The predicted octanol–water partition coefficient (Wildman–Crippen LogP) is 4.66. The number of nitrogens with one attached hydrogen (secondary N) is 2. The van der Waals surface area contributed by atoms with Crippen molar-refractivity contribution in [3.8, 4) is 0 Å². The van der Waals surface area contributed by atoms with Gasteiger partial charge in [0.2, 0.25) is 0 Å².